The highest BCUT2D eigenvalue weighted by Gasteiger charge is 2.20. The van der Waals surface area contributed by atoms with Crippen LogP contribution in [0.15, 0.2) is 54.6 Å². The molecule has 1 aliphatic rings. The van der Waals surface area contributed by atoms with Gasteiger partial charge in [-0.3, -0.25) is 0 Å². The van der Waals surface area contributed by atoms with Crippen LogP contribution in [0.25, 0.3) is 11.1 Å². The van der Waals surface area contributed by atoms with Gasteiger partial charge in [0.05, 0.1) is 0 Å². The van der Waals surface area contributed by atoms with Gasteiger partial charge in [0, 0.05) is 0 Å². The third-order valence-electron chi connectivity index (χ3n) is 5.74. The molecule has 27 heavy (non-hydrogen) atoms. The zero-order valence-corrected chi connectivity index (χ0v) is 15.6. The van der Waals surface area contributed by atoms with Crippen LogP contribution in [0.4, 0.5) is 13.2 Å². The Hall–Kier alpha value is -2.03. The lowest BCUT2D eigenvalue weighted by Crippen LogP contribution is -2.14. The van der Waals surface area contributed by atoms with Gasteiger partial charge in [0.25, 0.3) is 0 Å². The zero-order chi connectivity index (χ0) is 19.1. The topological polar surface area (TPSA) is 0 Å². The second-order valence-electron chi connectivity index (χ2n) is 7.61. The van der Waals surface area contributed by atoms with Crippen LogP contribution in [0, 0.1) is 23.5 Å². The van der Waals surface area contributed by atoms with Crippen LogP contribution >= 0.6 is 0 Å². The number of halogens is 3. The average molecular weight is 372 g/mol. The summed E-state index contributed by atoms with van der Waals surface area (Å²) in [5.41, 5.74) is 2.88. The van der Waals surface area contributed by atoms with Crippen LogP contribution in [-0.4, -0.2) is 6.67 Å². The molecular formula is C24H27F3. The van der Waals surface area contributed by atoms with E-state index in [0.717, 1.165) is 30.2 Å². The van der Waals surface area contributed by atoms with Gasteiger partial charge in [-0.15, -0.1) is 0 Å². The van der Waals surface area contributed by atoms with Crippen LogP contribution in [0.3, 0.4) is 0 Å². The first-order chi connectivity index (χ1) is 13.2. The van der Waals surface area contributed by atoms with E-state index in [4.69, 9.17) is 0 Å². The van der Waals surface area contributed by atoms with E-state index < -0.39 is 11.6 Å². The highest BCUT2D eigenvalue weighted by atomic mass is 19.2. The summed E-state index contributed by atoms with van der Waals surface area (Å²) in [6.07, 6.45) is 11.9. The molecule has 2 aromatic carbocycles. The van der Waals surface area contributed by atoms with E-state index in [2.05, 4.69) is 12.1 Å². The SMILES string of the molecule is FC/C=C/CC1CCC(CCc2ccc(-c3ccc(F)c(F)c3)cc2)CC1. The molecule has 0 unspecified atom stereocenters. The summed E-state index contributed by atoms with van der Waals surface area (Å²) < 4.78 is 38.6. The van der Waals surface area contributed by atoms with Crippen LogP contribution < -0.4 is 0 Å². The Morgan fingerprint density at radius 3 is 2.11 bits per heavy atom. The van der Waals surface area contributed by atoms with Crippen molar-refractivity contribution < 1.29 is 13.2 Å². The van der Waals surface area contributed by atoms with Gasteiger partial charge in [-0.2, -0.15) is 0 Å². The smallest absolute Gasteiger partial charge is 0.159 e. The molecule has 0 spiro atoms. The number of aryl methyl sites for hydroxylation is 1. The van der Waals surface area contributed by atoms with Crippen LogP contribution in [-0.2, 0) is 6.42 Å². The van der Waals surface area contributed by atoms with Crippen LogP contribution in [0.1, 0.15) is 44.1 Å². The maximum absolute atomic E-state index is 13.4. The summed E-state index contributed by atoms with van der Waals surface area (Å²) in [5, 5.41) is 0. The molecule has 144 valence electrons. The fraction of sp³-hybridized carbons (Fsp3) is 0.417. The fourth-order valence-electron chi connectivity index (χ4n) is 4.02. The summed E-state index contributed by atoms with van der Waals surface area (Å²) >= 11 is 0. The number of hydrogen-bond donors (Lipinski definition) is 0. The Labute approximate surface area is 160 Å². The number of hydrogen-bond acceptors (Lipinski definition) is 0. The minimum atomic E-state index is -0.816. The maximum atomic E-state index is 13.4. The third kappa shape index (κ3) is 5.72. The largest absolute Gasteiger partial charge is 0.247 e. The Bertz CT molecular complexity index is 741. The number of benzene rings is 2. The molecule has 0 amide bonds. The standard InChI is InChI=1S/C24H27F3/c25-16-2-1-3-18-4-6-19(7-5-18)8-9-20-10-12-21(13-11-20)22-14-15-23(26)24(27)17-22/h1-2,10-15,17-19H,3-9,16H2/b2-1+. The number of rotatable bonds is 7. The van der Waals surface area contributed by atoms with Crippen molar-refractivity contribution in [2.75, 3.05) is 6.67 Å². The predicted octanol–water partition coefficient (Wildman–Crippen LogP) is 7.29. The molecule has 0 heterocycles. The normalized spacial score (nSPS) is 20.3. The van der Waals surface area contributed by atoms with E-state index in [1.165, 1.54) is 49.8 Å². The lowest BCUT2D eigenvalue weighted by Gasteiger charge is -2.28. The van der Waals surface area contributed by atoms with E-state index in [0.29, 0.717) is 5.56 Å². The van der Waals surface area contributed by atoms with Crippen molar-refractivity contribution in [1.82, 2.24) is 0 Å². The van der Waals surface area contributed by atoms with Crippen molar-refractivity contribution in [1.29, 1.82) is 0 Å². The van der Waals surface area contributed by atoms with Crippen molar-refractivity contribution in [3.8, 4) is 11.1 Å². The maximum Gasteiger partial charge on any atom is 0.159 e. The summed E-state index contributed by atoms with van der Waals surface area (Å²) in [7, 11) is 0. The van der Waals surface area contributed by atoms with Gasteiger partial charge in [-0.25, -0.2) is 13.2 Å². The molecule has 0 bridgehead atoms. The molecule has 0 aromatic heterocycles. The van der Waals surface area contributed by atoms with Gasteiger partial charge >= 0.3 is 0 Å². The average Bonchev–Trinajstić information content (AvgIpc) is 2.70. The number of allylic oxidation sites excluding steroid dienone is 2. The van der Waals surface area contributed by atoms with Gasteiger partial charge in [0.2, 0.25) is 0 Å². The lowest BCUT2D eigenvalue weighted by atomic mass is 9.78. The molecule has 0 nitrogen and oxygen atoms in total. The molecule has 3 heteroatoms. The summed E-state index contributed by atoms with van der Waals surface area (Å²) in [6, 6.07) is 12.2. The molecule has 1 aliphatic carbocycles. The van der Waals surface area contributed by atoms with Crippen molar-refractivity contribution in [3.05, 3.63) is 71.8 Å². The monoisotopic (exact) mass is 372 g/mol. The molecule has 0 radical (unpaired) electrons. The summed E-state index contributed by atoms with van der Waals surface area (Å²) in [6.45, 7) is -0.357. The van der Waals surface area contributed by atoms with Gasteiger partial charge < -0.3 is 0 Å². The first-order valence-electron chi connectivity index (χ1n) is 9.91. The number of alkyl halides is 1. The van der Waals surface area contributed by atoms with Crippen molar-refractivity contribution in [2.24, 2.45) is 11.8 Å². The van der Waals surface area contributed by atoms with Gasteiger partial charge in [0.1, 0.15) is 6.67 Å². The second kappa shape index (κ2) is 9.77. The molecule has 0 aliphatic heterocycles. The van der Waals surface area contributed by atoms with Crippen molar-refractivity contribution in [2.45, 2.75) is 44.9 Å². The molecule has 3 rings (SSSR count). The minimum Gasteiger partial charge on any atom is -0.247 e. The van der Waals surface area contributed by atoms with Crippen molar-refractivity contribution >= 4 is 0 Å². The molecule has 1 fully saturated rings. The van der Waals surface area contributed by atoms with E-state index in [1.54, 1.807) is 12.1 Å². The summed E-state index contributed by atoms with van der Waals surface area (Å²) in [5.74, 6) is -0.132. The van der Waals surface area contributed by atoms with Crippen LogP contribution in [0.5, 0.6) is 0 Å². The van der Waals surface area contributed by atoms with Crippen molar-refractivity contribution in [3.63, 3.8) is 0 Å². The van der Waals surface area contributed by atoms with E-state index >= 15 is 0 Å². The highest BCUT2D eigenvalue weighted by Crippen LogP contribution is 2.33. The Kier molecular flexibility index (Phi) is 7.14. The quantitative estimate of drug-likeness (QED) is 0.448. The third-order valence-corrected chi connectivity index (χ3v) is 5.74. The first kappa shape index (κ1) is 19.7. The van der Waals surface area contributed by atoms with Gasteiger partial charge in [-0.05, 0) is 72.8 Å². The fourth-order valence-corrected chi connectivity index (χ4v) is 4.02. The summed E-state index contributed by atoms with van der Waals surface area (Å²) in [4.78, 5) is 0. The van der Waals surface area contributed by atoms with Crippen LogP contribution in [0.2, 0.25) is 0 Å². The van der Waals surface area contributed by atoms with Gasteiger partial charge in [-0.1, -0.05) is 55.3 Å². The van der Waals surface area contributed by atoms with E-state index in [1.807, 2.05) is 18.2 Å². The Morgan fingerprint density at radius 1 is 0.778 bits per heavy atom. The van der Waals surface area contributed by atoms with Gasteiger partial charge in [0.15, 0.2) is 11.6 Å². The zero-order valence-electron chi connectivity index (χ0n) is 15.6. The molecule has 1 saturated carbocycles. The molecular weight excluding hydrogens is 345 g/mol. The first-order valence-corrected chi connectivity index (χ1v) is 9.91. The molecule has 0 saturated heterocycles. The molecule has 2 aromatic rings. The Morgan fingerprint density at radius 2 is 1.44 bits per heavy atom. The molecule has 0 atom stereocenters. The lowest BCUT2D eigenvalue weighted by molar-refractivity contribution is 0.265. The second-order valence-corrected chi connectivity index (χ2v) is 7.61. The highest BCUT2D eigenvalue weighted by molar-refractivity contribution is 5.63. The Balaban J connectivity index is 1.47. The van der Waals surface area contributed by atoms with E-state index in [-0.39, 0.29) is 6.67 Å². The predicted molar refractivity (Wildman–Crippen MR) is 105 cm³/mol. The molecule has 0 N–H and O–H groups in total. The van der Waals surface area contributed by atoms with E-state index in [9.17, 15) is 13.2 Å². The minimum absolute atomic E-state index is 0.357.